The van der Waals surface area contributed by atoms with Crippen LogP contribution in [0.25, 0.3) is 22.5 Å². The molecule has 2 heterocycles. The third kappa shape index (κ3) is 8.41. The predicted octanol–water partition coefficient (Wildman–Crippen LogP) is 5.01. The fraction of sp³-hybridized carbons (Fsp3) is 0.273. The fourth-order valence-electron chi connectivity index (χ4n) is 5.05. The summed E-state index contributed by atoms with van der Waals surface area (Å²) < 4.78 is 11.9. The molecule has 16 nitrogen and oxygen atoms in total. The number of aromatic nitrogens is 6. The van der Waals surface area contributed by atoms with Crippen LogP contribution in [-0.2, 0) is 41.5 Å². The van der Waals surface area contributed by atoms with Crippen LogP contribution in [0.15, 0.2) is 72.8 Å². The van der Waals surface area contributed by atoms with Gasteiger partial charge < -0.3 is 29.1 Å². The van der Waals surface area contributed by atoms with Crippen LogP contribution in [0.4, 0.5) is 4.79 Å². The van der Waals surface area contributed by atoms with Crippen molar-refractivity contribution in [1.29, 1.82) is 0 Å². The van der Waals surface area contributed by atoms with Crippen LogP contribution in [0, 0.1) is 10.1 Å². The maximum atomic E-state index is 12.3. The van der Waals surface area contributed by atoms with Gasteiger partial charge in [0.05, 0.1) is 0 Å². The summed E-state index contributed by atoms with van der Waals surface area (Å²) in [4.78, 5) is 44.7. The quantitative estimate of drug-likeness (QED) is 0.0690. The molecule has 0 saturated heterocycles. The van der Waals surface area contributed by atoms with Gasteiger partial charge in [0.25, 0.3) is 5.09 Å². The number of hydrogen-bond donors (Lipinski definition) is 2. The third-order valence-electron chi connectivity index (χ3n) is 7.29. The topological polar surface area (TPSA) is 207 Å². The Hall–Kier alpha value is -6.16. The third-order valence-corrected chi connectivity index (χ3v) is 7.29. The van der Waals surface area contributed by atoms with Gasteiger partial charge in [-0.3, -0.25) is 0 Å². The zero-order valence-electron chi connectivity index (χ0n) is 26.8. The number of imidazole rings is 1. The molecule has 0 saturated carbocycles. The number of tetrazole rings is 1. The number of aryl methyl sites for hydroxylation is 1. The number of aromatic carboxylic acids is 1. The van der Waals surface area contributed by atoms with Gasteiger partial charge in [-0.2, -0.15) is 0 Å². The van der Waals surface area contributed by atoms with Gasteiger partial charge in [0.1, 0.15) is 29.5 Å². The SMILES string of the molecule is CCCc1nc(C(C)(C)O)c(C(=O)O)n1Cc1ccc(-c2ccccc2-c2nnn(COC(=O)Oc3ccc(CO[N+](=O)[O-])cc3)n2)cc1. The Kier molecular flexibility index (Phi) is 10.3. The number of ether oxygens (including phenoxy) is 2. The highest BCUT2D eigenvalue weighted by atomic mass is 16.9. The maximum absolute atomic E-state index is 12.3. The number of hydrogen-bond acceptors (Lipinski definition) is 12. The predicted molar refractivity (Wildman–Crippen MR) is 172 cm³/mol. The summed E-state index contributed by atoms with van der Waals surface area (Å²) in [5.41, 5.74) is 2.36. The van der Waals surface area contributed by atoms with Crippen LogP contribution in [0.2, 0.25) is 0 Å². The molecule has 5 rings (SSSR count). The highest BCUT2D eigenvalue weighted by Crippen LogP contribution is 2.31. The Morgan fingerprint density at radius 1 is 0.980 bits per heavy atom. The van der Waals surface area contributed by atoms with Crippen LogP contribution in [0.3, 0.4) is 0 Å². The largest absolute Gasteiger partial charge is 0.515 e. The van der Waals surface area contributed by atoms with E-state index in [0.717, 1.165) is 27.9 Å². The molecule has 0 amide bonds. The summed E-state index contributed by atoms with van der Waals surface area (Å²) in [5, 5.41) is 42.5. The number of benzene rings is 3. The van der Waals surface area contributed by atoms with Crippen molar-refractivity contribution in [2.24, 2.45) is 0 Å². The lowest BCUT2D eigenvalue weighted by atomic mass is 9.98. The normalized spacial score (nSPS) is 11.3. The number of rotatable bonds is 14. The van der Waals surface area contributed by atoms with Crippen LogP contribution >= 0.6 is 0 Å². The summed E-state index contributed by atoms with van der Waals surface area (Å²) in [5.74, 6) is -0.115. The average molecular weight is 672 g/mol. The summed E-state index contributed by atoms with van der Waals surface area (Å²) in [7, 11) is 0. The van der Waals surface area contributed by atoms with Crippen LogP contribution in [0.5, 0.6) is 5.75 Å². The Balaban J connectivity index is 1.27. The lowest BCUT2D eigenvalue weighted by Crippen LogP contribution is -2.22. The lowest BCUT2D eigenvalue weighted by Gasteiger charge is -2.16. The zero-order valence-corrected chi connectivity index (χ0v) is 26.8. The van der Waals surface area contributed by atoms with Gasteiger partial charge in [-0.25, -0.2) is 14.6 Å². The Morgan fingerprint density at radius 2 is 1.65 bits per heavy atom. The Bertz CT molecular complexity index is 1950. The molecule has 3 aromatic carbocycles. The maximum Gasteiger partial charge on any atom is 0.515 e. The summed E-state index contributed by atoms with van der Waals surface area (Å²) in [6, 6.07) is 21.0. The van der Waals surface area contributed by atoms with E-state index in [4.69, 9.17) is 9.47 Å². The van der Waals surface area contributed by atoms with Crippen molar-refractivity contribution in [2.75, 3.05) is 0 Å². The van der Waals surface area contributed by atoms with E-state index in [1.54, 1.807) is 4.57 Å². The number of carbonyl (C=O) groups excluding carboxylic acids is 1. The minimum Gasteiger partial charge on any atom is -0.477 e. The van der Waals surface area contributed by atoms with Crippen molar-refractivity contribution >= 4 is 12.1 Å². The van der Waals surface area contributed by atoms with E-state index in [0.29, 0.717) is 23.4 Å². The minimum absolute atomic E-state index is 0.0339. The standard InChI is InChI=1S/C33H33N7O9/c1-4-7-27-34-29(33(2,3)44)28(31(41)42)38(27)18-21-10-14-23(15-11-21)25-8-5-6-9-26(25)30-35-37-39(36-30)20-47-32(43)49-24-16-12-22(13-17-24)19-48-40(45)46/h5-6,8-17,44H,4,7,18-20H2,1-3H3,(H,41,42). The molecule has 0 fully saturated rings. The smallest absolute Gasteiger partial charge is 0.477 e. The van der Waals surface area contributed by atoms with Crippen molar-refractivity contribution in [3.63, 3.8) is 0 Å². The van der Waals surface area contributed by atoms with E-state index in [1.807, 2.05) is 55.5 Å². The first kappa shape index (κ1) is 34.2. The second-order valence-electron chi connectivity index (χ2n) is 11.4. The van der Waals surface area contributed by atoms with Gasteiger partial charge in [-0.15, -0.1) is 25.1 Å². The molecule has 0 aliphatic rings. The summed E-state index contributed by atoms with van der Waals surface area (Å²) in [6.07, 6.45) is 0.298. The van der Waals surface area contributed by atoms with Crippen LogP contribution in [0.1, 0.15) is 60.3 Å². The molecule has 49 heavy (non-hydrogen) atoms. The molecule has 0 spiro atoms. The van der Waals surface area contributed by atoms with Crippen molar-refractivity contribution < 1.29 is 39.2 Å². The van der Waals surface area contributed by atoms with Crippen molar-refractivity contribution in [3.05, 3.63) is 111 Å². The molecular weight excluding hydrogens is 638 g/mol. The van der Waals surface area contributed by atoms with Crippen molar-refractivity contribution in [3.8, 4) is 28.3 Å². The van der Waals surface area contributed by atoms with Gasteiger partial charge in [-0.1, -0.05) is 67.6 Å². The molecule has 2 aromatic heterocycles. The van der Waals surface area contributed by atoms with Crippen molar-refractivity contribution in [1.82, 2.24) is 29.8 Å². The highest BCUT2D eigenvalue weighted by Gasteiger charge is 2.31. The summed E-state index contributed by atoms with van der Waals surface area (Å²) >= 11 is 0. The molecular formula is C33H33N7O9. The van der Waals surface area contributed by atoms with Crippen LogP contribution in [-0.4, -0.2) is 57.2 Å². The lowest BCUT2D eigenvalue weighted by molar-refractivity contribution is -0.763. The van der Waals surface area contributed by atoms with E-state index in [2.05, 4.69) is 25.2 Å². The Labute approximate surface area is 279 Å². The molecule has 0 unspecified atom stereocenters. The number of carboxylic acid groups (broad SMARTS) is 1. The van der Waals surface area contributed by atoms with Gasteiger partial charge in [0.15, 0.2) is 5.69 Å². The molecule has 0 bridgehead atoms. The van der Waals surface area contributed by atoms with E-state index in [-0.39, 0.29) is 42.8 Å². The average Bonchev–Trinajstić information content (AvgIpc) is 3.69. The number of carboxylic acids is 1. The first-order chi connectivity index (χ1) is 23.4. The van der Waals surface area contributed by atoms with Gasteiger partial charge in [0.2, 0.25) is 12.6 Å². The fourth-order valence-corrected chi connectivity index (χ4v) is 5.05. The first-order valence-electron chi connectivity index (χ1n) is 15.2. The first-order valence-corrected chi connectivity index (χ1v) is 15.2. The number of aliphatic hydroxyl groups is 1. The van der Waals surface area contributed by atoms with E-state index in [9.17, 15) is 29.9 Å². The minimum atomic E-state index is -1.42. The zero-order chi connectivity index (χ0) is 35.1. The molecule has 0 aliphatic heterocycles. The Morgan fingerprint density at radius 3 is 2.29 bits per heavy atom. The van der Waals surface area contributed by atoms with E-state index < -0.39 is 22.8 Å². The molecule has 0 atom stereocenters. The molecule has 16 heteroatoms. The van der Waals surface area contributed by atoms with Crippen molar-refractivity contribution in [2.45, 2.75) is 59.1 Å². The van der Waals surface area contributed by atoms with Gasteiger partial charge >= 0.3 is 12.1 Å². The number of nitrogens with zero attached hydrogens (tertiary/aromatic N) is 7. The monoisotopic (exact) mass is 671 g/mol. The second-order valence-corrected chi connectivity index (χ2v) is 11.4. The van der Waals surface area contributed by atoms with E-state index in [1.165, 1.54) is 38.1 Å². The number of carbonyl (C=O) groups is 2. The highest BCUT2D eigenvalue weighted by molar-refractivity contribution is 5.87. The molecule has 0 aliphatic carbocycles. The van der Waals surface area contributed by atoms with Gasteiger partial charge in [-0.05, 0) is 59.9 Å². The summed E-state index contributed by atoms with van der Waals surface area (Å²) in [6.45, 7) is 4.67. The molecule has 254 valence electrons. The van der Waals surface area contributed by atoms with E-state index >= 15 is 0 Å². The van der Waals surface area contributed by atoms with Gasteiger partial charge in [0, 0.05) is 18.5 Å². The molecule has 2 N–H and O–H groups in total. The molecule has 0 radical (unpaired) electrons. The molecule has 5 aromatic rings. The second kappa shape index (κ2) is 14.7. The van der Waals surface area contributed by atoms with Crippen LogP contribution < -0.4 is 4.74 Å².